The molecule has 1 unspecified atom stereocenters. The van der Waals surface area contributed by atoms with E-state index in [9.17, 15) is 5.11 Å². The van der Waals surface area contributed by atoms with Crippen molar-refractivity contribution in [1.82, 2.24) is 0 Å². The molecule has 1 aromatic heterocycles. The maximum atomic E-state index is 10.3. The highest BCUT2D eigenvalue weighted by atomic mass is 35.5. The van der Waals surface area contributed by atoms with Crippen molar-refractivity contribution in [2.45, 2.75) is 12.5 Å². The molecule has 1 atom stereocenters. The van der Waals surface area contributed by atoms with E-state index in [1.807, 2.05) is 24.3 Å². The Kier molecular flexibility index (Phi) is 4.69. The van der Waals surface area contributed by atoms with Crippen molar-refractivity contribution in [3.8, 4) is 11.5 Å². The van der Waals surface area contributed by atoms with Gasteiger partial charge in [-0.15, -0.1) is 11.3 Å². The van der Waals surface area contributed by atoms with Crippen LogP contribution in [0.5, 0.6) is 11.5 Å². The van der Waals surface area contributed by atoms with Gasteiger partial charge in [-0.1, -0.05) is 11.6 Å². The van der Waals surface area contributed by atoms with E-state index in [1.54, 1.807) is 20.3 Å². The zero-order valence-electron chi connectivity index (χ0n) is 10.7. The van der Waals surface area contributed by atoms with Gasteiger partial charge in [-0.2, -0.15) is 0 Å². The molecule has 1 aromatic carbocycles. The molecule has 19 heavy (non-hydrogen) atoms. The van der Waals surface area contributed by atoms with Crippen LogP contribution in [0.1, 0.15) is 16.5 Å². The minimum absolute atomic E-state index is 0.522. The Morgan fingerprint density at radius 1 is 1.16 bits per heavy atom. The molecular weight excluding hydrogens is 284 g/mol. The summed E-state index contributed by atoms with van der Waals surface area (Å²) in [6.07, 6.45) is -0.0908. The molecule has 3 nitrogen and oxygen atoms in total. The van der Waals surface area contributed by atoms with Crippen molar-refractivity contribution in [1.29, 1.82) is 0 Å². The summed E-state index contributed by atoms with van der Waals surface area (Å²) in [5, 5.41) is 10.3. The lowest BCUT2D eigenvalue weighted by Crippen LogP contribution is -2.01. The van der Waals surface area contributed by atoms with E-state index in [-0.39, 0.29) is 0 Å². The Labute approximate surface area is 121 Å². The van der Waals surface area contributed by atoms with E-state index >= 15 is 0 Å². The SMILES string of the molecule is COc1cc(OC)cc(C(O)Cc2ccc(Cl)s2)c1. The molecule has 0 saturated heterocycles. The summed E-state index contributed by atoms with van der Waals surface area (Å²) in [6.45, 7) is 0. The fourth-order valence-corrected chi connectivity index (χ4v) is 2.92. The molecule has 0 fully saturated rings. The third-order valence-electron chi connectivity index (χ3n) is 2.78. The highest BCUT2D eigenvalue weighted by Crippen LogP contribution is 2.30. The lowest BCUT2D eigenvalue weighted by Gasteiger charge is -2.13. The molecule has 0 bridgehead atoms. The van der Waals surface area contributed by atoms with E-state index in [0.717, 1.165) is 14.8 Å². The molecule has 2 aromatic rings. The molecule has 0 aliphatic rings. The molecule has 5 heteroatoms. The first-order chi connectivity index (χ1) is 9.12. The van der Waals surface area contributed by atoms with Crippen LogP contribution in [0.25, 0.3) is 0 Å². The van der Waals surface area contributed by atoms with Crippen LogP contribution in [0.4, 0.5) is 0 Å². The van der Waals surface area contributed by atoms with Crippen LogP contribution in [-0.2, 0) is 6.42 Å². The first-order valence-electron chi connectivity index (χ1n) is 5.77. The lowest BCUT2D eigenvalue weighted by molar-refractivity contribution is 0.178. The number of aliphatic hydroxyl groups excluding tert-OH is 1. The van der Waals surface area contributed by atoms with Crippen LogP contribution >= 0.6 is 22.9 Å². The molecular formula is C14H15ClO3S. The topological polar surface area (TPSA) is 38.7 Å². The highest BCUT2D eigenvalue weighted by molar-refractivity contribution is 7.16. The number of rotatable bonds is 5. The maximum absolute atomic E-state index is 10.3. The lowest BCUT2D eigenvalue weighted by atomic mass is 10.1. The molecule has 0 amide bonds. The monoisotopic (exact) mass is 298 g/mol. The fourth-order valence-electron chi connectivity index (χ4n) is 1.79. The number of ether oxygens (including phenoxy) is 2. The Hall–Kier alpha value is -1.23. The first kappa shape index (κ1) is 14.2. The molecule has 0 aliphatic carbocycles. The van der Waals surface area contributed by atoms with Gasteiger partial charge in [0.1, 0.15) is 11.5 Å². The van der Waals surface area contributed by atoms with Gasteiger partial charge in [-0.3, -0.25) is 0 Å². The summed E-state index contributed by atoms with van der Waals surface area (Å²) in [4.78, 5) is 1.04. The van der Waals surface area contributed by atoms with E-state index in [4.69, 9.17) is 21.1 Å². The maximum Gasteiger partial charge on any atom is 0.122 e. The smallest absolute Gasteiger partial charge is 0.122 e. The second kappa shape index (κ2) is 6.28. The number of hydrogen-bond donors (Lipinski definition) is 1. The summed E-state index contributed by atoms with van der Waals surface area (Å²) < 4.78 is 11.1. The standard InChI is InChI=1S/C14H15ClO3S/c1-17-10-5-9(6-11(7-10)18-2)13(16)8-12-3-4-14(15)19-12/h3-7,13,16H,8H2,1-2H3. The highest BCUT2D eigenvalue weighted by Gasteiger charge is 2.13. The second-order valence-electron chi connectivity index (χ2n) is 4.07. The minimum atomic E-state index is -0.612. The minimum Gasteiger partial charge on any atom is -0.497 e. The molecule has 2 rings (SSSR count). The Bertz CT molecular complexity index is 531. The van der Waals surface area contributed by atoms with Crippen LogP contribution in [0, 0.1) is 0 Å². The number of halogens is 1. The van der Waals surface area contributed by atoms with E-state index < -0.39 is 6.10 Å². The van der Waals surface area contributed by atoms with Gasteiger partial charge < -0.3 is 14.6 Å². The summed E-state index contributed by atoms with van der Waals surface area (Å²) in [6, 6.07) is 9.15. The molecule has 1 N–H and O–H groups in total. The third-order valence-corrected chi connectivity index (χ3v) is 4.04. The number of aliphatic hydroxyl groups is 1. The fraction of sp³-hybridized carbons (Fsp3) is 0.286. The van der Waals surface area contributed by atoms with E-state index in [2.05, 4.69) is 0 Å². The van der Waals surface area contributed by atoms with Crippen LogP contribution < -0.4 is 9.47 Å². The van der Waals surface area contributed by atoms with Crippen LogP contribution in [0.15, 0.2) is 30.3 Å². The van der Waals surface area contributed by atoms with Gasteiger partial charge in [0.2, 0.25) is 0 Å². The van der Waals surface area contributed by atoms with Crippen LogP contribution in [0.3, 0.4) is 0 Å². The Morgan fingerprint density at radius 3 is 2.26 bits per heavy atom. The average Bonchev–Trinajstić information content (AvgIpc) is 2.83. The summed E-state index contributed by atoms with van der Waals surface area (Å²) >= 11 is 7.36. The molecule has 0 radical (unpaired) electrons. The number of thiophene rings is 1. The largest absolute Gasteiger partial charge is 0.497 e. The van der Waals surface area contributed by atoms with Gasteiger partial charge in [0.25, 0.3) is 0 Å². The second-order valence-corrected chi connectivity index (χ2v) is 5.87. The van der Waals surface area contributed by atoms with Crippen molar-refractivity contribution in [3.63, 3.8) is 0 Å². The van der Waals surface area contributed by atoms with Gasteiger partial charge in [-0.05, 0) is 29.8 Å². The van der Waals surface area contributed by atoms with Crippen molar-refractivity contribution < 1.29 is 14.6 Å². The van der Waals surface area contributed by atoms with E-state index in [0.29, 0.717) is 17.9 Å². The number of methoxy groups -OCH3 is 2. The predicted molar refractivity (Wildman–Crippen MR) is 77.5 cm³/mol. The zero-order valence-corrected chi connectivity index (χ0v) is 12.3. The van der Waals surface area contributed by atoms with Crippen LogP contribution in [0.2, 0.25) is 4.34 Å². The molecule has 0 spiro atoms. The summed E-state index contributed by atoms with van der Waals surface area (Å²) in [5.41, 5.74) is 0.765. The molecule has 0 aliphatic heterocycles. The Balaban J connectivity index is 2.20. The zero-order chi connectivity index (χ0) is 13.8. The van der Waals surface area contributed by atoms with Crippen molar-refractivity contribution in [2.75, 3.05) is 14.2 Å². The van der Waals surface area contributed by atoms with Crippen molar-refractivity contribution in [2.24, 2.45) is 0 Å². The van der Waals surface area contributed by atoms with Gasteiger partial charge in [0, 0.05) is 17.4 Å². The summed E-state index contributed by atoms with van der Waals surface area (Å²) in [7, 11) is 3.17. The first-order valence-corrected chi connectivity index (χ1v) is 6.97. The van der Waals surface area contributed by atoms with Crippen molar-refractivity contribution >= 4 is 22.9 Å². The van der Waals surface area contributed by atoms with E-state index in [1.165, 1.54) is 11.3 Å². The predicted octanol–water partition coefficient (Wildman–Crippen LogP) is 3.69. The normalized spacial score (nSPS) is 12.2. The van der Waals surface area contributed by atoms with Crippen molar-refractivity contribution in [3.05, 3.63) is 45.1 Å². The van der Waals surface area contributed by atoms with Gasteiger partial charge >= 0.3 is 0 Å². The van der Waals surface area contributed by atoms with Gasteiger partial charge in [-0.25, -0.2) is 0 Å². The number of hydrogen-bond acceptors (Lipinski definition) is 4. The Morgan fingerprint density at radius 2 is 1.79 bits per heavy atom. The van der Waals surface area contributed by atoms with Crippen LogP contribution in [-0.4, -0.2) is 19.3 Å². The molecule has 0 saturated carbocycles. The molecule has 1 heterocycles. The summed E-state index contributed by atoms with van der Waals surface area (Å²) in [5.74, 6) is 1.33. The quantitative estimate of drug-likeness (QED) is 0.915. The molecule has 102 valence electrons. The average molecular weight is 299 g/mol. The third kappa shape index (κ3) is 3.62. The van der Waals surface area contributed by atoms with Gasteiger partial charge in [0.05, 0.1) is 24.7 Å². The van der Waals surface area contributed by atoms with Gasteiger partial charge in [0.15, 0.2) is 0 Å². The number of benzene rings is 1.